The summed E-state index contributed by atoms with van der Waals surface area (Å²) in [6, 6.07) is 3.09. The molecule has 1 aromatic carbocycles. The number of anilines is 2. The monoisotopic (exact) mass is 559 g/mol. The van der Waals surface area contributed by atoms with Crippen LogP contribution in [0.1, 0.15) is 37.2 Å². The molecule has 2 aromatic heterocycles. The smallest absolute Gasteiger partial charge is 0.378 e. The zero-order valence-corrected chi connectivity index (χ0v) is 20.8. The number of nitrogens with one attached hydrogen (secondary N) is 1. The Bertz CT molecular complexity index is 1280. The van der Waals surface area contributed by atoms with Crippen molar-refractivity contribution in [3.05, 3.63) is 61.9 Å². The number of rotatable bonds is 7. The molecule has 1 fully saturated rings. The second-order valence-electron chi connectivity index (χ2n) is 7.65. The van der Waals surface area contributed by atoms with Crippen molar-refractivity contribution in [1.29, 1.82) is 0 Å². The predicted molar refractivity (Wildman–Crippen MR) is 129 cm³/mol. The van der Waals surface area contributed by atoms with Crippen LogP contribution < -0.4 is 10.2 Å². The first-order valence-corrected chi connectivity index (χ1v) is 12.2. The molecule has 8 nitrogen and oxygen atoms in total. The van der Waals surface area contributed by atoms with Crippen molar-refractivity contribution in [3.63, 3.8) is 0 Å². The summed E-state index contributed by atoms with van der Waals surface area (Å²) >= 11 is 13.1. The number of morpholine rings is 1. The number of ketones is 1. The molecule has 36 heavy (non-hydrogen) atoms. The van der Waals surface area contributed by atoms with Gasteiger partial charge in [0, 0.05) is 31.6 Å². The van der Waals surface area contributed by atoms with Gasteiger partial charge in [0.2, 0.25) is 0 Å². The van der Waals surface area contributed by atoms with Gasteiger partial charge in [0.25, 0.3) is 5.91 Å². The number of halogens is 5. The van der Waals surface area contributed by atoms with E-state index in [0.29, 0.717) is 37.1 Å². The standard InChI is InChI=1S/C22H18Cl2F3N5O3S/c23-14-2-1-12(9-13(14)22(25,26)27)31-21(34)16-10-28-17(36-16)4-3-15(33)19-18(24)20(30-11-29-19)32-5-7-35-8-6-32/h1-2,9-11H,3-8H2,(H,31,34). The Morgan fingerprint density at radius 3 is 2.61 bits per heavy atom. The highest BCUT2D eigenvalue weighted by Gasteiger charge is 2.33. The zero-order valence-electron chi connectivity index (χ0n) is 18.4. The number of thiazole rings is 1. The number of carbonyl (C=O) groups excluding carboxylic acids is 2. The van der Waals surface area contributed by atoms with E-state index in [1.54, 1.807) is 0 Å². The summed E-state index contributed by atoms with van der Waals surface area (Å²) in [5.41, 5.74) is -1.01. The summed E-state index contributed by atoms with van der Waals surface area (Å²) in [5, 5.41) is 2.61. The molecule has 1 amide bonds. The first kappa shape index (κ1) is 26.3. The van der Waals surface area contributed by atoms with Crippen molar-refractivity contribution in [2.45, 2.75) is 19.0 Å². The van der Waals surface area contributed by atoms with E-state index < -0.39 is 22.7 Å². The highest BCUT2D eigenvalue weighted by Crippen LogP contribution is 2.36. The number of ether oxygens (including phenoxy) is 1. The van der Waals surface area contributed by atoms with E-state index in [1.807, 2.05) is 4.90 Å². The molecule has 0 radical (unpaired) electrons. The molecular weight excluding hydrogens is 542 g/mol. The lowest BCUT2D eigenvalue weighted by atomic mass is 10.1. The Morgan fingerprint density at radius 2 is 1.89 bits per heavy atom. The first-order valence-electron chi connectivity index (χ1n) is 10.6. The van der Waals surface area contributed by atoms with E-state index >= 15 is 0 Å². The van der Waals surface area contributed by atoms with Crippen molar-refractivity contribution in [1.82, 2.24) is 15.0 Å². The lowest BCUT2D eigenvalue weighted by Crippen LogP contribution is -2.37. The number of amides is 1. The molecule has 0 unspecified atom stereocenters. The van der Waals surface area contributed by atoms with Crippen LogP contribution in [0.4, 0.5) is 24.7 Å². The third kappa shape index (κ3) is 6.12. The van der Waals surface area contributed by atoms with Gasteiger partial charge in [-0.1, -0.05) is 23.2 Å². The molecule has 0 bridgehead atoms. The number of aromatic nitrogens is 3. The van der Waals surface area contributed by atoms with Crippen molar-refractivity contribution in [2.24, 2.45) is 0 Å². The largest absolute Gasteiger partial charge is 0.417 e. The number of aryl methyl sites for hydroxylation is 1. The van der Waals surface area contributed by atoms with Crippen LogP contribution in [0.25, 0.3) is 0 Å². The number of carbonyl (C=O) groups is 2. The molecular formula is C22H18Cl2F3N5O3S. The number of nitrogens with zero attached hydrogens (tertiary/aromatic N) is 4. The van der Waals surface area contributed by atoms with Crippen LogP contribution in [-0.4, -0.2) is 52.9 Å². The van der Waals surface area contributed by atoms with Crippen LogP contribution in [0.15, 0.2) is 30.7 Å². The number of alkyl halides is 3. The third-order valence-electron chi connectivity index (χ3n) is 5.22. The molecule has 1 saturated heterocycles. The summed E-state index contributed by atoms with van der Waals surface area (Å²) in [5.74, 6) is -0.462. The Balaban J connectivity index is 1.38. The molecule has 190 valence electrons. The van der Waals surface area contributed by atoms with Crippen LogP contribution in [-0.2, 0) is 17.3 Å². The van der Waals surface area contributed by atoms with Gasteiger partial charge < -0.3 is 15.0 Å². The molecule has 0 atom stereocenters. The van der Waals surface area contributed by atoms with Gasteiger partial charge in [-0.05, 0) is 18.2 Å². The van der Waals surface area contributed by atoms with E-state index in [-0.39, 0.29) is 39.9 Å². The summed E-state index contributed by atoms with van der Waals surface area (Å²) in [4.78, 5) is 39.7. The molecule has 3 aromatic rings. The predicted octanol–water partition coefficient (Wildman–Crippen LogP) is 5.16. The van der Waals surface area contributed by atoms with Crippen molar-refractivity contribution in [2.75, 3.05) is 36.5 Å². The minimum atomic E-state index is -4.66. The third-order valence-corrected chi connectivity index (χ3v) is 6.95. The fourth-order valence-corrected chi connectivity index (χ4v) is 4.79. The quantitative estimate of drug-likeness (QED) is 0.399. The molecule has 14 heteroatoms. The van der Waals surface area contributed by atoms with Crippen LogP contribution in [0.5, 0.6) is 0 Å². The normalized spacial score (nSPS) is 14.1. The minimum Gasteiger partial charge on any atom is -0.378 e. The fraction of sp³-hybridized carbons (Fsp3) is 0.318. The van der Waals surface area contributed by atoms with Crippen LogP contribution >= 0.6 is 34.5 Å². The van der Waals surface area contributed by atoms with Crippen LogP contribution in [0, 0.1) is 0 Å². The maximum absolute atomic E-state index is 13.1. The van der Waals surface area contributed by atoms with E-state index in [4.69, 9.17) is 27.9 Å². The van der Waals surface area contributed by atoms with Gasteiger partial charge in [-0.25, -0.2) is 15.0 Å². The summed E-state index contributed by atoms with van der Waals surface area (Å²) in [6.07, 6.45) is -1.80. The molecule has 0 spiro atoms. The molecule has 1 aliphatic heterocycles. The van der Waals surface area contributed by atoms with Gasteiger partial charge >= 0.3 is 6.18 Å². The van der Waals surface area contributed by atoms with Crippen LogP contribution in [0.2, 0.25) is 10.0 Å². The molecule has 1 N–H and O–H groups in total. The summed E-state index contributed by atoms with van der Waals surface area (Å²) in [6.45, 7) is 2.26. The highest BCUT2D eigenvalue weighted by atomic mass is 35.5. The first-order chi connectivity index (χ1) is 17.1. The Labute approximate surface area is 217 Å². The van der Waals surface area contributed by atoms with E-state index in [2.05, 4.69) is 20.3 Å². The number of Topliss-reactive ketones (excluding diaryl/α,β-unsaturated/α-hetero) is 1. The second-order valence-corrected chi connectivity index (χ2v) is 9.55. The second kappa shape index (κ2) is 11.1. The average Bonchev–Trinajstić information content (AvgIpc) is 3.33. The molecule has 0 saturated carbocycles. The summed E-state index contributed by atoms with van der Waals surface area (Å²) < 4.78 is 44.5. The van der Waals surface area contributed by atoms with E-state index in [1.165, 1.54) is 18.6 Å². The van der Waals surface area contributed by atoms with Gasteiger partial charge in [0.1, 0.15) is 21.9 Å². The number of benzene rings is 1. The maximum atomic E-state index is 13.1. The fourth-order valence-electron chi connectivity index (χ4n) is 3.43. The van der Waals surface area contributed by atoms with Crippen molar-refractivity contribution >= 4 is 57.7 Å². The maximum Gasteiger partial charge on any atom is 0.417 e. The zero-order chi connectivity index (χ0) is 25.9. The Kier molecular flexibility index (Phi) is 8.08. The lowest BCUT2D eigenvalue weighted by molar-refractivity contribution is -0.137. The van der Waals surface area contributed by atoms with Crippen LogP contribution in [0.3, 0.4) is 0 Å². The lowest BCUT2D eigenvalue weighted by Gasteiger charge is -2.28. The van der Waals surface area contributed by atoms with E-state index in [9.17, 15) is 22.8 Å². The van der Waals surface area contributed by atoms with Gasteiger partial charge in [0.05, 0.1) is 35.0 Å². The SMILES string of the molecule is O=C(Nc1ccc(Cl)c(C(F)(F)F)c1)c1cnc(CCC(=O)c2ncnc(N3CCOCC3)c2Cl)s1. The van der Waals surface area contributed by atoms with Gasteiger partial charge in [0.15, 0.2) is 11.6 Å². The molecule has 1 aliphatic rings. The van der Waals surface area contributed by atoms with Crippen molar-refractivity contribution in [3.8, 4) is 0 Å². The van der Waals surface area contributed by atoms with Crippen molar-refractivity contribution < 1.29 is 27.5 Å². The molecule has 3 heterocycles. The molecule has 4 rings (SSSR count). The van der Waals surface area contributed by atoms with Gasteiger partial charge in [-0.15, -0.1) is 11.3 Å². The highest BCUT2D eigenvalue weighted by molar-refractivity contribution is 7.13. The topological polar surface area (TPSA) is 97.3 Å². The van der Waals surface area contributed by atoms with Gasteiger partial charge in [-0.3, -0.25) is 9.59 Å². The Hall–Kier alpha value is -2.80. The Morgan fingerprint density at radius 1 is 1.14 bits per heavy atom. The van der Waals surface area contributed by atoms with Gasteiger partial charge in [-0.2, -0.15) is 13.2 Å². The minimum absolute atomic E-state index is 0.0417. The average molecular weight is 560 g/mol. The molecule has 0 aliphatic carbocycles. The van der Waals surface area contributed by atoms with E-state index in [0.717, 1.165) is 23.5 Å². The number of hydrogen-bond acceptors (Lipinski definition) is 8. The summed E-state index contributed by atoms with van der Waals surface area (Å²) in [7, 11) is 0. The number of hydrogen-bond donors (Lipinski definition) is 1.